The lowest BCUT2D eigenvalue weighted by Crippen LogP contribution is -2.26. The number of ether oxygens (including phenoxy) is 2. The Hall–Kier alpha value is -2.53. The summed E-state index contributed by atoms with van der Waals surface area (Å²) < 4.78 is 11.0. The molecule has 0 saturated carbocycles. The van der Waals surface area contributed by atoms with Gasteiger partial charge in [-0.15, -0.1) is 0 Å². The molecule has 0 bridgehead atoms. The third kappa shape index (κ3) is 7.86. The van der Waals surface area contributed by atoms with E-state index in [0.717, 1.165) is 30.4 Å². The second-order valence-electron chi connectivity index (χ2n) is 7.66. The lowest BCUT2D eigenvalue weighted by molar-refractivity contribution is -0.145. The lowest BCUT2D eigenvalue weighted by Gasteiger charge is -2.14. The third-order valence-corrected chi connectivity index (χ3v) is 5.49. The van der Waals surface area contributed by atoms with Gasteiger partial charge >= 0.3 is 5.97 Å². The standard InChI is InChI=1S/C26H34ClNO4/c1-4-7-8-17-32-24-14-13-21(27)18-23(24)25(29)28-16-15-19-9-11-20(12-10-19)22(5-2)26(30)31-6-3/h9-14,18,22H,4-8,15-17H2,1-3H3,(H,28,29). The molecule has 0 aromatic heterocycles. The van der Waals surface area contributed by atoms with Gasteiger partial charge in [-0.1, -0.05) is 62.6 Å². The van der Waals surface area contributed by atoms with Crippen LogP contribution in [-0.2, 0) is 16.0 Å². The molecule has 0 aliphatic rings. The van der Waals surface area contributed by atoms with Crippen molar-refractivity contribution < 1.29 is 19.1 Å². The monoisotopic (exact) mass is 459 g/mol. The molecule has 0 spiro atoms. The lowest BCUT2D eigenvalue weighted by atomic mass is 9.95. The van der Waals surface area contributed by atoms with Crippen molar-refractivity contribution in [2.75, 3.05) is 19.8 Å². The Kier molecular flexibility index (Phi) is 11.1. The van der Waals surface area contributed by atoms with Gasteiger partial charge in [-0.25, -0.2) is 0 Å². The first kappa shape index (κ1) is 25.7. The van der Waals surface area contributed by atoms with Crippen LogP contribution in [0.15, 0.2) is 42.5 Å². The Bertz CT molecular complexity index is 867. The molecule has 1 N–H and O–H groups in total. The largest absolute Gasteiger partial charge is 0.493 e. The summed E-state index contributed by atoms with van der Waals surface area (Å²) in [4.78, 5) is 24.8. The fourth-order valence-corrected chi connectivity index (χ4v) is 3.63. The summed E-state index contributed by atoms with van der Waals surface area (Å²) >= 11 is 6.10. The zero-order valence-corrected chi connectivity index (χ0v) is 20.0. The molecule has 6 heteroatoms. The molecular weight excluding hydrogens is 426 g/mol. The Balaban J connectivity index is 1.92. The van der Waals surface area contributed by atoms with Crippen LogP contribution in [0.2, 0.25) is 5.02 Å². The predicted molar refractivity (Wildman–Crippen MR) is 129 cm³/mol. The molecule has 174 valence electrons. The molecule has 0 heterocycles. The van der Waals surface area contributed by atoms with Gasteiger partial charge in [0, 0.05) is 11.6 Å². The molecule has 0 saturated heterocycles. The first-order valence-electron chi connectivity index (χ1n) is 11.5. The quantitative estimate of drug-likeness (QED) is 0.297. The maximum atomic E-state index is 12.7. The maximum absolute atomic E-state index is 12.7. The summed E-state index contributed by atoms with van der Waals surface area (Å²) in [7, 11) is 0. The summed E-state index contributed by atoms with van der Waals surface area (Å²) in [5.41, 5.74) is 2.47. The number of unbranched alkanes of at least 4 members (excludes halogenated alkanes) is 2. The molecule has 2 aromatic rings. The fraction of sp³-hybridized carbons (Fsp3) is 0.462. The van der Waals surface area contributed by atoms with Crippen LogP contribution < -0.4 is 10.1 Å². The van der Waals surface area contributed by atoms with E-state index in [1.165, 1.54) is 0 Å². The summed E-state index contributed by atoms with van der Waals surface area (Å²) in [5.74, 6) is -0.0913. The average Bonchev–Trinajstić information content (AvgIpc) is 2.79. The van der Waals surface area contributed by atoms with E-state index >= 15 is 0 Å². The second-order valence-corrected chi connectivity index (χ2v) is 8.09. The van der Waals surface area contributed by atoms with Gasteiger partial charge in [0.15, 0.2) is 0 Å². The van der Waals surface area contributed by atoms with E-state index in [4.69, 9.17) is 21.1 Å². The van der Waals surface area contributed by atoms with Crippen LogP contribution in [0.3, 0.4) is 0 Å². The van der Waals surface area contributed by atoms with Crippen molar-refractivity contribution in [2.45, 2.75) is 58.8 Å². The van der Waals surface area contributed by atoms with Crippen LogP contribution in [0.4, 0.5) is 0 Å². The molecule has 32 heavy (non-hydrogen) atoms. The Labute approximate surface area is 196 Å². The topological polar surface area (TPSA) is 64.6 Å². The van der Waals surface area contributed by atoms with Gasteiger partial charge in [0.2, 0.25) is 0 Å². The fourth-order valence-electron chi connectivity index (χ4n) is 3.45. The number of nitrogens with one attached hydrogen (secondary N) is 1. The van der Waals surface area contributed by atoms with Gasteiger partial charge in [-0.05, 0) is 55.5 Å². The highest BCUT2D eigenvalue weighted by Crippen LogP contribution is 2.24. The van der Waals surface area contributed by atoms with Gasteiger partial charge in [-0.3, -0.25) is 9.59 Å². The van der Waals surface area contributed by atoms with E-state index < -0.39 is 0 Å². The molecule has 2 rings (SSSR count). The Morgan fingerprint density at radius 1 is 1.03 bits per heavy atom. The van der Waals surface area contributed by atoms with Crippen molar-refractivity contribution in [3.05, 3.63) is 64.2 Å². The number of carbonyl (C=O) groups excluding carboxylic acids is 2. The number of esters is 1. The average molecular weight is 460 g/mol. The number of hydrogen-bond donors (Lipinski definition) is 1. The minimum atomic E-state index is -0.248. The van der Waals surface area contributed by atoms with E-state index in [-0.39, 0.29) is 17.8 Å². The number of hydrogen-bond acceptors (Lipinski definition) is 4. The number of benzene rings is 2. The zero-order chi connectivity index (χ0) is 23.3. The first-order valence-corrected chi connectivity index (χ1v) is 11.8. The number of carbonyl (C=O) groups is 2. The predicted octanol–water partition coefficient (Wildman–Crippen LogP) is 5.94. The molecule has 0 fully saturated rings. The van der Waals surface area contributed by atoms with Crippen LogP contribution in [0.25, 0.3) is 0 Å². The van der Waals surface area contributed by atoms with Crippen LogP contribution in [-0.4, -0.2) is 31.6 Å². The molecule has 0 aliphatic heterocycles. The minimum absolute atomic E-state index is 0.191. The number of halogens is 1. The summed E-state index contributed by atoms with van der Waals surface area (Å²) in [6.45, 7) is 7.36. The highest BCUT2D eigenvalue weighted by molar-refractivity contribution is 6.31. The van der Waals surface area contributed by atoms with Crippen LogP contribution in [0.5, 0.6) is 5.75 Å². The van der Waals surface area contributed by atoms with Gasteiger partial charge in [0.25, 0.3) is 5.91 Å². The molecule has 1 atom stereocenters. The van der Waals surface area contributed by atoms with E-state index in [0.29, 0.717) is 48.9 Å². The molecule has 0 aliphatic carbocycles. The molecular formula is C26H34ClNO4. The molecule has 0 radical (unpaired) electrons. The van der Waals surface area contributed by atoms with E-state index in [9.17, 15) is 9.59 Å². The Morgan fingerprint density at radius 2 is 1.78 bits per heavy atom. The van der Waals surface area contributed by atoms with Gasteiger partial charge in [-0.2, -0.15) is 0 Å². The van der Waals surface area contributed by atoms with Crippen molar-refractivity contribution in [3.8, 4) is 5.75 Å². The maximum Gasteiger partial charge on any atom is 0.313 e. The van der Waals surface area contributed by atoms with Crippen molar-refractivity contribution >= 4 is 23.5 Å². The highest BCUT2D eigenvalue weighted by Gasteiger charge is 2.19. The van der Waals surface area contributed by atoms with Gasteiger partial charge in [0.05, 0.1) is 24.7 Å². The smallest absolute Gasteiger partial charge is 0.313 e. The summed E-state index contributed by atoms with van der Waals surface area (Å²) in [6, 6.07) is 13.0. The minimum Gasteiger partial charge on any atom is -0.493 e. The van der Waals surface area contributed by atoms with Crippen molar-refractivity contribution in [1.82, 2.24) is 5.32 Å². The van der Waals surface area contributed by atoms with Gasteiger partial charge in [0.1, 0.15) is 5.75 Å². The number of rotatable bonds is 13. The summed E-state index contributed by atoms with van der Waals surface area (Å²) in [5, 5.41) is 3.45. The van der Waals surface area contributed by atoms with Gasteiger partial charge < -0.3 is 14.8 Å². The SMILES string of the molecule is CCCCCOc1ccc(Cl)cc1C(=O)NCCc1ccc(C(CC)C(=O)OCC)cc1. The van der Waals surface area contributed by atoms with Crippen LogP contribution in [0, 0.1) is 0 Å². The van der Waals surface area contributed by atoms with Crippen LogP contribution >= 0.6 is 11.6 Å². The normalized spacial score (nSPS) is 11.6. The highest BCUT2D eigenvalue weighted by atomic mass is 35.5. The number of amides is 1. The second kappa shape index (κ2) is 13.8. The van der Waals surface area contributed by atoms with Crippen molar-refractivity contribution in [1.29, 1.82) is 0 Å². The van der Waals surface area contributed by atoms with Crippen LogP contribution in [0.1, 0.15) is 73.9 Å². The van der Waals surface area contributed by atoms with Crippen molar-refractivity contribution in [2.24, 2.45) is 0 Å². The first-order chi connectivity index (χ1) is 15.5. The van der Waals surface area contributed by atoms with E-state index in [2.05, 4.69) is 12.2 Å². The van der Waals surface area contributed by atoms with Crippen molar-refractivity contribution in [3.63, 3.8) is 0 Å². The van der Waals surface area contributed by atoms with E-state index in [1.807, 2.05) is 38.1 Å². The van der Waals surface area contributed by atoms with E-state index in [1.54, 1.807) is 18.2 Å². The molecule has 1 amide bonds. The Morgan fingerprint density at radius 3 is 2.44 bits per heavy atom. The third-order valence-electron chi connectivity index (χ3n) is 5.25. The molecule has 5 nitrogen and oxygen atoms in total. The molecule has 2 aromatic carbocycles. The molecule has 1 unspecified atom stereocenters. The zero-order valence-electron chi connectivity index (χ0n) is 19.3. The summed E-state index contributed by atoms with van der Waals surface area (Å²) in [6.07, 6.45) is 4.52.